The van der Waals surface area contributed by atoms with Gasteiger partial charge in [0.1, 0.15) is 0 Å². The molecule has 2 aromatic rings. The fourth-order valence-corrected chi connectivity index (χ4v) is 2.75. The third-order valence-electron chi connectivity index (χ3n) is 3.91. The lowest BCUT2D eigenvalue weighted by Gasteiger charge is -2.15. The molecule has 1 aliphatic rings. The Morgan fingerprint density at radius 1 is 0.905 bits per heavy atom. The van der Waals surface area contributed by atoms with Crippen LogP contribution in [0.15, 0.2) is 60.7 Å². The molecule has 21 heavy (non-hydrogen) atoms. The predicted octanol–water partition coefficient (Wildman–Crippen LogP) is 2.77. The van der Waals surface area contributed by atoms with Gasteiger partial charge in [0.25, 0.3) is 0 Å². The molecule has 2 aromatic carbocycles. The second-order valence-electron chi connectivity index (χ2n) is 5.29. The molecule has 1 atom stereocenters. The lowest BCUT2D eigenvalue weighted by molar-refractivity contribution is -0.138. The maximum Gasteiger partial charge on any atom is 0.237 e. The number of hydrogen-bond donors (Lipinski definition) is 0. The molecule has 3 nitrogen and oxygen atoms in total. The van der Waals surface area contributed by atoms with Gasteiger partial charge in [-0.2, -0.15) is 0 Å². The highest BCUT2D eigenvalue weighted by molar-refractivity contribution is 6.06. The Bertz CT molecular complexity index is 637. The van der Waals surface area contributed by atoms with E-state index in [2.05, 4.69) is 0 Å². The molecule has 106 valence electrons. The zero-order valence-electron chi connectivity index (χ0n) is 11.7. The van der Waals surface area contributed by atoms with Gasteiger partial charge in [-0.05, 0) is 17.5 Å². The second kappa shape index (κ2) is 5.92. The second-order valence-corrected chi connectivity index (χ2v) is 5.29. The highest BCUT2D eigenvalue weighted by Crippen LogP contribution is 2.29. The Kier molecular flexibility index (Phi) is 3.82. The fraction of sp³-hybridized carbons (Fsp3) is 0.222. The predicted molar refractivity (Wildman–Crippen MR) is 80.7 cm³/mol. The van der Waals surface area contributed by atoms with Crippen LogP contribution in [0.2, 0.25) is 0 Å². The van der Waals surface area contributed by atoms with Crippen molar-refractivity contribution >= 4 is 11.8 Å². The molecule has 1 aliphatic heterocycles. The number of likely N-dealkylation sites (tertiary alicyclic amines) is 1. The topological polar surface area (TPSA) is 37.4 Å². The van der Waals surface area contributed by atoms with Crippen LogP contribution < -0.4 is 0 Å². The molecule has 0 spiro atoms. The quantitative estimate of drug-likeness (QED) is 0.807. The number of amides is 2. The highest BCUT2D eigenvalue weighted by atomic mass is 16.2. The van der Waals surface area contributed by atoms with Crippen molar-refractivity contribution in [3.8, 4) is 0 Å². The Hall–Kier alpha value is -2.42. The summed E-state index contributed by atoms with van der Waals surface area (Å²) >= 11 is 0. The lowest BCUT2D eigenvalue weighted by Crippen LogP contribution is -2.32. The van der Waals surface area contributed by atoms with Gasteiger partial charge in [0.15, 0.2) is 0 Å². The number of imide groups is 1. The SMILES string of the molecule is O=C1C[C@@H](c2ccccc2)C(=O)N1CCc1ccccc1. The Balaban J connectivity index is 1.70. The average Bonchev–Trinajstić information content (AvgIpc) is 2.82. The molecule has 1 saturated heterocycles. The molecular weight excluding hydrogens is 262 g/mol. The number of rotatable bonds is 4. The van der Waals surface area contributed by atoms with Gasteiger partial charge in [-0.25, -0.2) is 0 Å². The zero-order chi connectivity index (χ0) is 14.7. The van der Waals surface area contributed by atoms with Gasteiger partial charge < -0.3 is 0 Å². The maximum atomic E-state index is 12.4. The van der Waals surface area contributed by atoms with Crippen molar-refractivity contribution in [1.29, 1.82) is 0 Å². The first-order chi connectivity index (χ1) is 10.3. The molecule has 0 saturated carbocycles. The van der Waals surface area contributed by atoms with Crippen molar-refractivity contribution < 1.29 is 9.59 Å². The summed E-state index contributed by atoms with van der Waals surface area (Å²) in [5.74, 6) is -0.443. The maximum absolute atomic E-state index is 12.4. The van der Waals surface area contributed by atoms with Crippen LogP contribution in [-0.4, -0.2) is 23.3 Å². The summed E-state index contributed by atoms with van der Waals surface area (Å²) in [6, 6.07) is 19.5. The van der Waals surface area contributed by atoms with Crippen molar-refractivity contribution in [1.82, 2.24) is 4.90 Å². The van der Waals surface area contributed by atoms with Crippen LogP contribution >= 0.6 is 0 Å². The summed E-state index contributed by atoms with van der Waals surface area (Å²) in [6.07, 6.45) is 0.997. The fourth-order valence-electron chi connectivity index (χ4n) is 2.75. The molecule has 0 N–H and O–H groups in total. The van der Waals surface area contributed by atoms with Gasteiger partial charge in [0.05, 0.1) is 5.92 Å². The van der Waals surface area contributed by atoms with Gasteiger partial charge in [0.2, 0.25) is 11.8 Å². The minimum Gasteiger partial charge on any atom is -0.282 e. The monoisotopic (exact) mass is 279 g/mol. The molecule has 1 heterocycles. The van der Waals surface area contributed by atoms with Crippen LogP contribution in [0.5, 0.6) is 0 Å². The first kappa shape index (κ1) is 13.6. The van der Waals surface area contributed by atoms with E-state index in [-0.39, 0.29) is 24.2 Å². The van der Waals surface area contributed by atoms with Crippen LogP contribution in [0.25, 0.3) is 0 Å². The highest BCUT2D eigenvalue weighted by Gasteiger charge is 2.38. The molecule has 2 amide bonds. The number of carbonyl (C=O) groups is 2. The van der Waals surface area contributed by atoms with E-state index < -0.39 is 0 Å². The van der Waals surface area contributed by atoms with E-state index in [0.29, 0.717) is 13.0 Å². The first-order valence-electron chi connectivity index (χ1n) is 7.19. The summed E-state index contributed by atoms with van der Waals surface area (Å²) in [7, 11) is 0. The Labute approximate surface area is 124 Å². The summed E-state index contributed by atoms with van der Waals surface area (Å²) < 4.78 is 0. The third kappa shape index (κ3) is 2.87. The molecule has 0 aromatic heterocycles. The molecule has 1 fully saturated rings. The summed E-state index contributed by atoms with van der Waals surface area (Å²) in [5.41, 5.74) is 2.07. The van der Waals surface area contributed by atoms with E-state index in [1.165, 1.54) is 4.90 Å². The molecule has 0 radical (unpaired) electrons. The Morgan fingerprint density at radius 3 is 2.19 bits per heavy atom. The van der Waals surface area contributed by atoms with E-state index in [1.807, 2.05) is 60.7 Å². The number of carbonyl (C=O) groups excluding carboxylic acids is 2. The normalized spacial score (nSPS) is 18.3. The Morgan fingerprint density at radius 2 is 1.52 bits per heavy atom. The minimum absolute atomic E-state index is 0.0650. The van der Waals surface area contributed by atoms with E-state index >= 15 is 0 Å². The van der Waals surface area contributed by atoms with Gasteiger partial charge in [-0.1, -0.05) is 60.7 Å². The van der Waals surface area contributed by atoms with Gasteiger partial charge in [-0.15, -0.1) is 0 Å². The van der Waals surface area contributed by atoms with E-state index in [4.69, 9.17) is 0 Å². The lowest BCUT2D eigenvalue weighted by atomic mass is 9.98. The van der Waals surface area contributed by atoms with Crippen molar-refractivity contribution in [2.75, 3.05) is 6.54 Å². The molecule has 0 aliphatic carbocycles. The molecular formula is C18H17NO2. The average molecular weight is 279 g/mol. The van der Waals surface area contributed by atoms with Crippen LogP contribution in [-0.2, 0) is 16.0 Å². The first-order valence-corrected chi connectivity index (χ1v) is 7.19. The number of nitrogens with zero attached hydrogens (tertiary/aromatic N) is 1. The van der Waals surface area contributed by atoms with Crippen molar-refractivity contribution in [2.45, 2.75) is 18.8 Å². The van der Waals surface area contributed by atoms with E-state index in [1.54, 1.807) is 0 Å². The summed E-state index contributed by atoms with van der Waals surface area (Å²) in [4.78, 5) is 25.9. The van der Waals surface area contributed by atoms with Crippen molar-refractivity contribution in [3.05, 3.63) is 71.8 Å². The van der Waals surface area contributed by atoms with Crippen molar-refractivity contribution in [3.63, 3.8) is 0 Å². The smallest absolute Gasteiger partial charge is 0.237 e. The number of benzene rings is 2. The number of hydrogen-bond acceptors (Lipinski definition) is 2. The van der Waals surface area contributed by atoms with Crippen molar-refractivity contribution in [2.24, 2.45) is 0 Å². The van der Waals surface area contributed by atoms with Gasteiger partial charge >= 0.3 is 0 Å². The molecule has 3 rings (SSSR count). The molecule has 0 unspecified atom stereocenters. The van der Waals surface area contributed by atoms with E-state index in [0.717, 1.165) is 11.1 Å². The van der Waals surface area contributed by atoms with Crippen LogP contribution in [0.4, 0.5) is 0 Å². The van der Waals surface area contributed by atoms with E-state index in [9.17, 15) is 9.59 Å². The molecule has 3 heteroatoms. The largest absolute Gasteiger partial charge is 0.282 e. The summed E-state index contributed by atoms with van der Waals surface area (Å²) in [5, 5.41) is 0. The van der Waals surface area contributed by atoms with Crippen LogP contribution in [0.1, 0.15) is 23.5 Å². The standard InChI is InChI=1S/C18H17NO2/c20-17-13-16(15-9-5-2-6-10-15)18(21)19(17)12-11-14-7-3-1-4-8-14/h1-10,16H,11-13H2/t16-/m0/s1. The van der Waals surface area contributed by atoms with Crippen LogP contribution in [0.3, 0.4) is 0 Å². The third-order valence-corrected chi connectivity index (χ3v) is 3.91. The zero-order valence-corrected chi connectivity index (χ0v) is 11.7. The van der Waals surface area contributed by atoms with Gasteiger partial charge in [-0.3, -0.25) is 14.5 Å². The summed E-state index contributed by atoms with van der Waals surface area (Å²) in [6.45, 7) is 0.463. The van der Waals surface area contributed by atoms with Crippen LogP contribution in [0, 0.1) is 0 Å². The van der Waals surface area contributed by atoms with Gasteiger partial charge in [0, 0.05) is 13.0 Å². The minimum atomic E-state index is -0.311. The molecule has 0 bridgehead atoms.